The van der Waals surface area contributed by atoms with E-state index >= 15 is 0 Å². The predicted octanol–water partition coefficient (Wildman–Crippen LogP) is 2.44. The monoisotopic (exact) mass is 386 g/mol. The van der Waals surface area contributed by atoms with Gasteiger partial charge in [-0.25, -0.2) is 0 Å². The molecule has 0 amide bonds. The Morgan fingerprint density at radius 1 is 1.33 bits per heavy atom. The molecule has 6 nitrogen and oxygen atoms in total. The molecule has 3 rings (SSSR count). The van der Waals surface area contributed by atoms with E-state index in [2.05, 4.69) is 4.98 Å². The maximum atomic E-state index is 13.0. The smallest absolute Gasteiger partial charge is 0.416 e. The molecule has 0 radical (unpaired) electrons. The zero-order chi connectivity index (χ0) is 20.2. The van der Waals surface area contributed by atoms with Crippen molar-refractivity contribution < 1.29 is 33.3 Å². The molecule has 148 valence electrons. The average Bonchev–Trinajstić information content (AvgIpc) is 2.60. The molecule has 27 heavy (non-hydrogen) atoms. The van der Waals surface area contributed by atoms with Crippen molar-refractivity contribution in [3.05, 3.63) is 35.5 Å². The van der Waals surface area contributed by atoms with Gasteiger partial charge in [0.15, 0.2) is 0 Å². The molecule has 0 aliphatic carbocycles. The van der Waals surface area contributed by atoms with Gasteiger partial charge in [-0.3, -0.25) is 9.78 Å². The molecule has 1 aromatic heterocycles. The summed E-state index contributed by atoms with van der Waals surface area (Å²) in [6, 6.07) is 5.27. The highest BCUT2D eigenvalue weighted by Crippen LogP contribution is 2.35. The number of piperidine rings is 1. The Labute approximate surface area is 153 Å². The van der Waals surface area contributed by atoms with Crippen LogP contribution in [0.15, 0.2) is 24.3 Å². The Hall–Kier alpha value is -2.39. The van der Waals surface area contributed by atoms with Gasteiger partial charge in [0.05, 0.1) is 17.2 Å². The molecule has 1 saturated heterocycles. The van der Waals surface area contributed by atoms with Crippen molar-refractivity contribution in [2.75, 3.05) is 24.6 Å². The molecule has 2 heterocycles. The van der Waals surface area contributed by atoms with Crippen LogP contribution >= 0.6 is 0 Å². The van der Waals surface area contributed by atoms with Crippen LogP contribution in [0.4, 0.5) is 18.9 Å². The van der Waals surface area contributed by atoms with Crippen LogP contribution in [-0.4, -0.2) is 52.6 Å². The largest absolute Gasteiger partial charge is 0.483 e. The summed E-state index contributed by atoms with van der Waals surface area (Å²) in [6.45, 7) is 2.29. The summed E-state index contributed by atoms with van der Waals surface area (Å²) in [6.07, 6.45) is -4.54. The lowest BCUT2D eigenvalue weighted by molar-refractivity contribution is -0.137. The SMILES string of the molecule is Cc1cc(N2CC[C@H](CO)[C@@H](O)C2)c2cc(C(F)(F)F)ccc2n1.O=CO. The van der Waals surface area contributed by atoms with Crippen molar-refractivity contribution in [3.8, 4) is 0 Å². The molecule has 0 spiro atoms. The summed E-state index contributed by atoms with van der Waals surface area (Å²) in [4.78, 5) is 14.5. The number of halogens is 3. The second-order valence-corrected chi connectivity index (χ2v) is 6.36. The second kappa shape index (κ2) is 8.53. The minimum Gasteiger partial charge on any atom is -0.483 e. The molecule has 1 aliphatic heterocycles. The Morgan fingerprint density at radius 3 is 2.56 bits per heavy atom. The molecule has 2 aromatic rings. The van der Waals surface area contributed by atoms with E-state index in [-0.39, 0.29) is 25.5 Å². The number of pyridine rings is 1. The number of fused-ring (bicyclic) bond motifs is 1. The van der Waals surface area contributed by atoms with Crippen molar-refractivity contribution in [2.24, 2.45) is 5.92 Å². The van der Waals surface area contributed by atoms with E-state index in [0.29, 0.717) is 35.2 Å². The van der Waals surface area contributed by atoms with Crippen LogP contribution in [0.25, 0.3) is 10.9 Å². The number of nitrogens with zero attached hydrogens (tertiary/aromatic N) is 2. The van der Waals surface area contributed by atoms with Crippen LogP contribution in [0.5, 0.6) is 0 Å². The number of hydrogen-bond donors (Lipinski definition) is 3. The van der Waals surface area contributed by atoms with Gasteiger partial charge < -0.3 is 20.2 Å². The van der Waals surface area contributed by atoms with Gasteiger partial charge >= 0.3 is 6.18 Å². The van der Waals surface area contributed by atoms with E-state index < -0.39 is 17.8 Å². The first-order chi connectivity index (χ1) is 12.7. The molecule has 1 fully saturated rings. The van der Waals surface area contributed by atoms with E-state index in [9.17, 15) is 23.4 Å². The van der Waals surface area contributed by atoms with Gasteiger partial charge in [0.1, 0.15) is 0 Å². The van der Waals surface area contributed by atoms with Crippen molar-refractivity contribution in [2.45, 2.75) is 25.6 Å². The first-order valence-corrected chi connectivity index (χ1v) is 8.31. The minimum absolute atomic E-state index is 0.0939. The Kier molecular flexibility index (Phi) is 6.61. The number of aliphatic hydroxyl groups excluding tert-OH is 2. The van der Waals surface area contributed by atoms with Crippen LogP contribution < -0.4 is 4.90 Å². The number of aromatic nitrogens is 1. The first kappa shape index (κ1) is 20.9. The van der Waals surface area contributed by atoms with E-state index in [1.54, 1.807) is 13.0 Å². The zero-order valence-electron chi connectivity index (χ0n) is 14.6. The molecular weight excluding hydrogens is 365 g/mol. The van der Waals surface area contributed by atoms with Crippen LogP contribution in [0.2, 0.25) is 0 Å². The Morgan fingerprint density at radius 2 is 2.00 bits per heavy atom. The number of aliphatic hydroxyl groups is 2. The average molecular weight is 386 g/mol. The molecule has 0 saturated carbocycles. The maximum Gasteiger partial charge on any atom is 0.416 e. The van der Waals surface area contributed by atoms with Gasteiger partial charge in [-0.2, -0.15) is 13.2 Å². The number of alkyl halides is 3. The van der Waals surface area contributed by atoms with Gasteiger partial charge in [-0.15, -0.1) is 0 Å². The fourth-order valence-electron chi connectivity index (χ4n) is 3.19. The number of β-amino-alcohol motifs (C(OH)–C–C–N with tert-alkyl or cyclic N) is 1. The number of carboxylic acid groups (broad SMARTS) is 1. The summed E-state index contributed by atoms with van der Waals surface area (Å²) < 4.78 is 39.1. The third-order valence-electron chi connectivity index (χ3n) is 4.54. The lowest BCUT2D eigenvalue weighted by Gasteiger charge is -2.37. The summed E-state index contributed by atoms with van der Waals surface area (Å²) in [5, 5.41) is 26.7. The van der Waals surface area contributed by atoms with E-state index in [1.807, 2.05) is 4.90 Å². The van der Waals surface area contributed by atoms with Crippen molar-refractivity contribution in [3.63, 3.8) is 0 Å². The van der Waals surface area contributed by atoms with E-state index in [4.69, 9.17) is 9.90 Å². The van der Waals surface area contributed by atoms with Crippen LogP contribution in [0.3, 0.4) is 0 Å². The normalized spacial score (nSPS) is 20.1. The lowest BCUT2D eigenvalue weighted by atomic mass is 9.94. The standard InChI is InChI=1S/C17H19F3N2O2.CH2O2/c1-10-6-15(22-5-4-11(9-23)16(24)8-22)13-7-12(17(18,19)20)2-3-14(13)21-10;2-1-3/h2-3,6-7,11,16,23-24H,4-5,8-9H2,1H3;1H,(H,2,3)/t11-,16+;/m1./s1. The fourth-order valence-corrected chi connectivity index (χ4v) is 3.19. The number of rotatable bonds is 2. The molecule has 0 bridgehead atoms. The van der Waals surface area contributed by atoms with Gasteiger partial charge in [-0.05, 0) is 37.6 Å². The summed E-state index contributed by atoms with van der Waals surface area (Å²) >= 11 is 0. The molecule has 3 N–H and O–H groups in total. The highest BCUT2D eigenvalue weighted by molar-refractivity contribution is 5.92. The fraction of sp³-hybridized carbons (Fsp3) is 0.444. The van der Waals surface area contributed by atoms with Gasteiger partial charge in [-0.1, -0.05) is 0 Å². The zero-order valence-corrected chi connectivity index (χ0v) is 14.6. The lowest BCUT2D eigenvalue weighted by Crippen LogP contribution is -2.45. The van der Waals surface area contributed by atoms with Crippen LogP contribution in [0, 0.1) is 12.8 Å². The van der Waals surface area contributed by atoms with Gasteiger partial charge in [0.2, 0.25) is 0 Å². The number of benzene rings is 1. The van der Waals surface area contributed by atoms with E-state index in [1.165, 1.54) is 6.07 Å². The Balaban J connectivity index is 0.000000817. The molecule has 0 unspecified atom stereocenters. The minimum atomic E-state index is -4.42. The third-order valence-corrected chi connectivity index (χ3v) is 4.54. The van der Waals surface area contributed by atoms with Crippen LogP contribution in [-0.2, 0) is 11.0 Å². The highest BCUT2D eigenvalue weighted by Gasteiger charge is 2.32. The molecular formula is C18H21F3N2O4. The van der Waals surface area contributed by atoms with Gasteiger partial charge in [0, 0.05) is 42.4 Å². The number of anilines is 1. The molecule has 2 atom stereocenters. The first-order valence-electron chi connectivity index (χ1n) is 8.31. The van der Waals surface area contributed by atoms with Gasteiger partial charge in [0.25, 0.3) is 6.47 Å². The number of aryl methyl sites for hydroxylation is 1. The maximum absolute atomic E-state index is 13.0. The number of carbonyl (C=O) groups is 1. The number of hydrogen-bond acceptors (Lipinski definition) is 5. The van der Waals surface area contributed by atoms with E-state index in [0.717, 1.165) is 12.1 Å². The summed E-state index contributed by atoms with van der Waals surface area (Å²) in [7, 11) is 0. The highest BCUT2D eigenvalue weighted by atomic mass is 19.4. The second-order valence-electron chi connectivity index (χ2n) is 6.36. The third kappa shape index (κ3) is 4.86. The van der Waals surface area contributed by atoms with Crippen LogP contribution in [0.1, 0.15) is 17.7 Å². The Bertz CT molecular complexity index is 798. The molecule has 1 aliphatic rings. The quantitative estimate of drug-likeness (QED) is 0.687. The summed E-state index contributed by atoms with van der Waals surface area (Å²) in [5.74, 6) is -0.193. The van der Waals surface area contributed by atoms with Crippen molar-refractivity contribution >= 4 is 23.1 Å². The molecule has 1 aromatic carbocycles. The molecule has 9 heteroatoms. The topological polar surface area (TPSA) is 93.9 Å². The predicted molar refractivity (Wildman–Crippen MR) is 93.6 cm³/mol. The van der Waals surface area contributed by atoms with Crippen molar-refractivity contribution in [1.29, 1.82) is 0 Å². The van der Waals surface area contributed by atoms with Crippen molar-refractivity contribution in [1.82, 2.24) is 4.98 Å². The summed E-state index contributed by atoms with van der Waals surface area (Å²) in [5.41, 5.74) is 1.12.